The Labute approximate surface area is 123 Å². The van der Waals surface area contributed by atoms with Gasteiger partial charge in [-0.1, -0.05) is 37.3 Å². The van der Waals surface area contributed by atoms with Crippen molar-refractivity contribution in [1.29, 1.82) is 5.41 Å². The Balaban J connectivity index is 1.91. The molecule has 2 fully saturated rings. The molecule has 1 heterocycles. The van der Waals surface area contributed by atoms with Gasteiger partial charge in [-0.3, -0.25) is 5.41 Å². The van der Waals surface area contributed by atoms with Crippen molar-refractivity contribution in [2.75, 3.05) is 4.90 Å². The number of halogens is 1. The van der Waals surface area contributed by atoms with Crippen LogP contribution in [0.5, 0.6) is 0 Å². The predicted molar refractivity (Wildman–Crippen MR) is 80.6 cm³/mol. The van der Waals surface area contributed by atoms with E-state index >= 15 is 0 Å². The van der Waals surface area contributed by atoms with Crippen molar-refractivity contribution in [2.45, 2.75) is 44.1 Å². The number of nitrogens with one attached hydrogen (secondary N) is 2. The van der Waals surface area contributed by atoms with Crippen LogP contribution in [-0.4, -0.2) is 17.4 Å². The van der Waals surface area contributed by atoms with Gasteiger partial charge < -0.3 is 5.32 Å². The van der Waals surface area contributed by atoms with E-state index in [1.807, 2.05) is 0 Å². The van der Waals surface area contributed by atoms with E-state index in [1.165, 1.54) is 17.7 Å². The Bertz CT molecular complexity index is 533. The zero-order valence-corrected chi connectivity index (χ0v) is 12.0. The van der Waals surface area contributed by atoms with Gasteiger partial charge >= 0.3 is 6.03 Å². The molecule has 3 rings (SSSR count). The van der Waals surface area contributed by atoms with Gasteiger partial charge in [0.25, 0.3) is 0 Å². The van der Waals surface area contributed by atoms with Crippen LogP contribution >= 0.6 is 11.6 Å². The number of urea groups is 1. The standard InChI is InChI=1S/C15H18ClN3O/c16-11-5-7-12(8-6-11)19-13(17)15(18-14(19)20)9-3-1-2-4-10-15/h5-8,17H,1-4,9-10H2,(H,18,20). The molecule has 1 saturated carbocycles. The van der Waals surface area contributed by atoms with Crippen molar-refractivity contribution in [3.8, 4) is 0 Å². The lowest BCUT2D eigenvalue weighted by atomic mass is 9.90. The molecule has 1 aliphatic carbocycles. The maximum atomic E-state index is 12.3. The van der Waals surface area contributed by atoms with Crippen molar-refractivity contribution in [2.24, 2.45) is 0 Å². The zero-order chi connectivity index (χ0) is 14.2. The normalized spacial score (nSPS) is 21.9. The van der Waals surface area contributed by atoms with E-state index in [0.29, 0.717) is 16.5 Å². The fourth-order valence-electron chi connectivity index (χ4n) is 3.17. The highest BCUT2D eigenvalue weighted by Gasteiger charge is 2.48. The molecule has 106 valence electrons. The maximum Gasteiger partial charge on any atom is 0.328 e. The monoisotopic (exact) mass is 291 g/mol. The molecule has 1 saturated heterocycles. The second kappa shape index (κ2) is 5.09. The summed E-state index contributed by atoms with van der Waals surface area (Å²) in [4.78, 5) is 13.8. The fraction of sp³-hybridized carbons (Fsp3) is 0.467. The molecule has 0 aromatic heterocycles. The summed E-state index contributed by atoms with van der Waals surface area (Å²) in [5, 5.41) is 12.2. The van der Waals surface area contributed by atoms with Crippen molar-refractivity contribution in [3.63, 3.8) is 0 Å². The minimum absolute atomic E-state index is 0.195. The summed E-state index contributed by atoms with van der Waals surface area (Å²) in [6, 6.07) is 6.86. The molecule has 0 bridgehead atoms. The number of carbonyl (C=O) groups excluding carboxylic acids is 1. The Morgan fingerprint density at radius 2 is 1.70 bits per heavy atom. The zero-order valence-electron chi connectivity index (χ0n) is 11.3. The highest BCUT2D eigenvalue weighted by atomic mass is 35.5. The van der Waals surface area contributed by atoms with Crippen LogP contribution in [0.4, 0.5) is 10.5 Å². The van der Waals surface area contributed by atoms with Gasteiger partial charge in [0.05, 0.1) is 11.2 Å². The third-order valence-electron chi connectivity index (χ3n) is 4.27. The lowest BCUT2D eigenvalue weighted by Gasteiger charge is -2.27. The molecule has 5 heteroatoms. The van der Waals surface area contributed by atoms with Gasteiger partial charge in [-0.2, -0.15) is 0 Å². The van der Waals surface area contributed by atoms with Crippen molar-refractivity contribution in [3.05, 3.63) is 29.3 Å². The third kappa shape index (κ3) is 2.18. The molecule has 1 aromatic rings. The number of amidine groups is 1. The first kappa shape index (κ1) is 13.4. The van der Waals surface area contributed by atoms with E-state index in [-0.39, 0.29) is 6.03 Å². The minimum atomic E-state index is -0.465. The first-order chi connectivity index (χ1) is 9.62. The van der Waals surface area contributed by atoms with Crippen molar-refractivity contribution < 1.29 is 4.79 Å². The van der Waals surface area contributed by atoms with Gasteiger partial charge in [0.15, 0.2) is 0 Å². The third-order valence-corrected chi connectivity index (χ3v) is 4.52. The van der Waals surface area contributed by atoms with Gasteiger partial charge in [-0.05, 0) is 37.1 Å². The van der Waals surface area contributed by atoms with Crippen LogP contribution < -0.4 is 10.2 Å². The lowest BCUT2D eigenvalue weighted by Crippen LogP contribution is -2.46. The Morgan fingerprint density at radius 1 is 1.10 bits per heavy atom. The number of benzene rings is 1. The first-order valence-corrected chi connectivity index (χ1v) is 7.47. The van der Waals surface area contributed by atoms with Gasteiger partial charge in [0.2, 0.25) is 0 Å². The molecule has 1 aliphatic heterocycles. The minimum Gasteiger partial charge on any atom is -0.325 e. The van der Waals surface area contributed by atoms with E-state index in [0.717, 1.165) is 25.7 Å². The number of hydrogen-bond donors (Lipinski definition) is 2. The number of carbonyl (C=O) groups is 1. The van der Waals surface area contributed by atoms with Crippen LogP contribution in [0.25, 0.3) is 0 Å². The van der Waals surface area contributed by atoms with Gasteiger partial charge in [-0.15, -0.1) is 0 Å². The summed E-state index contributed by atoms with van der Waals surface area (Å²) < 4.78 is 0. The summed E-state index contributed by atoms with van der Waals surface area (Å²) in [7, 11) is 0. The lowest BCUT2D eigenvalue weighted by molar-refractivity contribution is 0.245. The summed E-state index contributed by atoms with van der Waals surface area (Å²) in [6.07, 6.45) is 6.23. The molecule has 0 radical (unpaired) electrons. The van der Waals surface area contributed by atoms with Crippen LogP contribution in [0.2, 0.25) is 5.02 Å². The highest BCUT2D eigenvalue weighted by Crippen LogP contribution is 2.35. The largest absolute Gasteiger partial charge is 0.328 e. The molecular weight excluding hydrogens is 274 g/mol. The molecule has 0 atom stereocenters. The van der Waals surface area contributed by atoms with Crippen LogP contribution in [0.1, 0.15) is 38.5 Å². The van der Waals surface area contributed by atoms with Gasteiger partial charge in [0, 0.05) is 5.02 Å². The van der Waals surface area contributed by atoms with E-state index in [9.17, 15) is 4.79 Å². The summed E-state index contributed by atoms with van der Waals surface area (Å²) in [6.45, 7) is 0. The molecular formula is C15H18ClN3O. The smallest absolute Gasteiger partial charge is 0.325 e. The summed E-state index contributed by atoms with van der Waals surface area (Å²) >= 11 is 5.88. The molecule has 20 heavy (non-hydrogen) atoms. The second-order valence-corrected chi connectivity index (χ2v) is 6.02. The molecule has 1 spiro atoms. The molecule has 0 unspecified atom stereocenters. The van der Waals surface area contributed by atoms with Crippen LogP contribution in [0.3, 0.4) is 0 Å². The average molecular weight is 292 g/mol. The molecule has 1 aromatic carbocycles. The maximum absolute atomic E-state index is 12.3. The molecule has 2 aliphatic rings. The Morgan fingerprint density at radius 3 is 2.30 bits per heavy atom. The predicted octanol–water partition coefficient (Wildman–Crippen LogP) is 3.94. The topological polar surface area (TPSA) is 56.2 Å². The first-order valence-electron chi connectivity index (χ1n) is 7.09. The van der Waals surface area contributed by atoms with Crippen LogP contribution in [-0.2, 0) is 0 Å². The molecule has 4 nitrogen and oxygen atoms in total. The SMILES string of the molecule is N=C1N(c2ccc(Cl)cc2)C(=O)NC12CCCCCC2. The fourth-order valence-corrected chi connectivity index (χ4v) is 3.29. The second-order valence-electron chi connectivity index (χ2n) is 5.59. The van der Waals surface area contributed by atoms with Crippen molar-refractivity contribution in [1.82, 2.24) is 5.32 Å². The number of amides is 2. The van der Waals surface area contributed by atoms with E-state index in [2.05, 4.69) is 5.32 Å². The number of nitrogens with zero attached hydrogens (tertiary/aromatic N) is 1. The molecule has 2 amide bonds. The summed E-state index contributed by atoms with van der Waals surface area (Å²) in [5.74, 6) is 0.381. The van der Waals surface area contributed by atoms with E-state index < -0.39 is 5.54 Å². The van der Waals surface area contributed by atoms with Gasteiger partial charge in [-0.25, -0.2) is 9.69 Å². The quantitative estimate of drug-likeness (QED) is 0.809. The van der Waals surface area contributed by atoms with Crippen molar-refractivity contribution >= 4 is 29.2 Å². The Kier molecular flexibility index (Phi) is 3.42. The van der Waals surface area contributed by atoms with E-state index in [4.69, 9.17) is 17.0 Å². The van der Waals surface area contributed by atoms with Crippen LogP contribution in [0.15, 0.2) is 24.3 Å². The Hall–Kier alpha value is -1.55. The van der Waals surface area contributed by atoms with Gasteiger partial charge in [0.1, 0.15) is 5.84 Å². The number of hydrogen-bond acceptors (Lipinski definition) is 2. The van der Waals surface area contributed by atoms with E-state index in [1.54, 1.807) is 24.3 Å². The average Bonchev–Trinajstić information content (AvgIpc) is 2.60. The number of anilines is 1. The number of rotatable bonds is 1. The molecule has 2 N–H and O–H groups in total. The van der Waals surface area contributed by atoms with Crippen LogP contribution in [0, 0.1) is 5.41 Å². The highest BCUT2D eigenvalue weighted by molar-refractivity contribution is 6.31. The summed E-state index contributed by atoms with van der Waals surface area (Å²) in [5.41, 5.74) is 0.241.